The van der Waals surface area contributed by atoms with Crippen LogP contribution in [0.5, 0.6) is 0 Å². The van der Waals surface area contributed by atoms with Gasteiger partial charge in [0.1, 0.15) is 0 Å². The number of benzene rings is 1. The lowest BCUT2D eigenvalue weighted by atomic mass is 9.89. The third kappa shape index (κ3) is 4.47. The minimum atomic E-state index is -0.134. The van der Waals surface area contributed by atoms with E-state index in [0.29, 0.717) is 18.5 Å². The summed E-state index contributed by atoms with van der Waals surface area (Å²) in [5, 5.41) is 20.7. The van der Waals surface area contributed by atoms with Gasteiger partial charge in [0.15, 0.2) is 0 Å². The molecule has 4 heteroatoms. The van der Waals surface area contributed by atoms with E-state index in [2.05, 4.69) is 5.32 Å². The van der Waals surface area contributed by atoms with Crippen molar-refractivity contribution in [3.05, 3.63) is 35.4 Å². The van der Waals surface area contributed by atoms with E-state index in [1.807, 2.05) is 13.8 Å². The number of aliphatic hydroxyl groups is 2. The summed E-state index contributed by atoms with van der Waals surface area (Å²) in [6.07, 6.45) is 0.650. The van der Waals surface area contributed by atoms with Gasteiger partial charge < -0.3 is 15.5 Å². The molecular formula is C14H21NO3. The maximum absolute atomic E-state index is 11.9. The summed E-state index contributed by atoms with van der Waals surface area (Å²) in [5.41, 5.74) is 1.24. The molecule has 1 amide bonds. The molecule has 0 aromatic heterocycles. The summed E-state index contributed by atoms with van der Waals surface area (Å²) in [6, 6.07) is 6.85. The van der Waals surface area contributed by atoms with Crippen LogP contribution in [-0.4, -0.2) is 29.3 Å². The molecule has 3 N–H and O–H groups in total. The number of aliphatic hydroxyl groups excluding tert-OH is 2. The maximum atomic E-state index is 11.9. The molecule has 0 bridgehead atoms. The second kappa shape index (κ2) is 6.52. The zero-order valence-electron chi connectivity index (χ0n) is 10.9. The maximum Gasteiger partial charge on any atom is 0.251 e. The highest BCUT2D eigenvalue weighted by atomic mass is 16.3. The monoisotopic (exact) mass is 251 g/mol. The number of carbonyl (C=O) groups excluding carboxylic acids is 1. The van der Waals surface area contributed by atoms with Crippen molar-refractivity contribution in [3.8, 4) is 0 Å². The Kier molecular flexibility index (Phi) is 5.31. The van der Waals surface area contributed by atoms with Gasteiger partial charge in [0.25, 0.3) is 5.91 Å². The lowest BCUT2D eigenvalue weighted by Gasteiger charge is -2.23. The molecule has 0 saturated carbocycles. The molecule has 0 spiro atoms. The number of hydrogen-bond donors (Lipinski definition) is 3. The van der Waals surface area contributed by atoms with Gasteiger partial charge in [-0.05, 0) is 29.5 Å². The Balaban J connectivity index is 2.54. The van der Waals surface area contributed by atoms with Crippen LogP contribution in [0.2, 0.25) is 0 Å². The van der Waals surface area contributed by atoms with Crippen LogP contribution in [0.25, 0.3) is 0 Å². The van der Waals surface area contributed by atoms with Crippen molar-refractivity contribution in [2.75, 3.05) is 13.2 Å². The number of hydrogen-bond acceptors (Lipinski definition) is 3. The summed E-state index contributed by atoms with van der Waals surface area (Å²) < 4.78 is 0. The van der Waals surface area contributed by atoms with Gasteiger partial charge in [-0.2, -0.15) is 0 Å². The Morgan fingerprint density at radius 3 is 2.33 bits per heavy atom. The Bertz CT molecular complexity index is 385. The molecule has 100 valence electrons. The molecule has 0 atom stereocenters. The Morgan fingerprint density at radius 2 is 1.83 bits per heavy atom. The molecule has 0 aliphatic rings. The molecule has 0 unspecified atom stereocenters. The highest BCUT2D eigenvalue weighted by Crippen LogP contribution is 2.18. The van der Waals surface area contributed by atoms with Gasteiger partial charge in [-0.3, -0.25) is 4.79 Å². The minimum absolute atomic E-state index is 0.0224. The largest absolute Gasteiger partial charge is 0.396 e. The van der Waals surface area contributed by atoms with Gasteiger partial charge in [-0.25, -0.2) is 0 Å². The van der Waals surface area contributed by atoms with Crippen molar-refractivity contribution in [3.63, 3.8) is 0 Å². The van der Waals surface area contributed by atoms with Gasteiger partial charge in [-0.15, -0.1) is 0 Å². The fraction of sp³-hybridized carbons (Fsp3) is 0.500. The van der Waals surface area contributed by atoms with Gasteiger partial charge in [0.05, 0.1) is 6.61 Å². The number of rotatable bonds is 6. The van der Waals surface area contributed by atoms with Crippen LogP contribution in [0.1, 0.15) is 36.2 Å². The highest BCUT2D eigenvalue weighted by Gasteiger charge is 2.18. The summed E-state index contributed by atoms with van der Waals surface area (Å²) in [6.45, 7) is 4.62. The van der Waals surface area contributed by atoms with Crippen molar-refractivity contribution < 1.29 is 15.0 Å². The molecule has 1 aromatic rings. The summed E-state index contributed by atoms with van der Waals surface area (Å²) >= 11 is 0. The molecule has 1 aromatic carbocycles. The van der Waals surface area contributed by atoms with E-state index in [4.69, 9.17) is 10.2 Å². The zero-order chi connectivity index (χ0) is 13.6. The Hall–Kier alpha value is -1.39. The Labute approximate surface area is 108 Å². The van der Waals surface area contributed by atoms with E-state index in [0.717, 1.165) is 5.56 Å². The first kappa shape index (κ1) is 14.7. The van der Waals surface area contributed by atoms with E-state index in [1.165, 1.54) is 0 Å². The minimum Gasteiger partial charge on any atom is -0.396 e. The predicted molar refractivity (Wildman–Crippen MR) is 70.2 cm³/mol. The van der Waals surface area contributed by atoms with Gasteiger partial charge in [-0.1, -0.05) is 26.0 Å². The van der Waals surface area contributed by atoms with E-state index in [1.54, 1.807) is 24.3 Å². The first-order chi connectivity index (χ1) is 8.48. The van der Waals surface area contributed by atoms with Crippen molar-refractivity contribution in [1.82, 2.24) is 5.32 Å². The standard InChI is InChI=1S/C14H21NO3/c1-14(2,7-8-16)10-15-13(18)12-5-3-11(9-17)4-6-12/h3-6,16-17H,7-10H2,1-2H3,(H,15,18). The first-order valence-corrected chi connectivity index (χ1v) is 6.07. The molecular weight excluding hydrogens is 230 g/mol. The molecule has 0 aliphatic carbocycles. The average Bonchev–Trinajstić information content (AvgIpc) is 2.36. The predicted octanol–water partition coefficient (Wildman–Crippen LogP) is 1.32. The second-order valence-electron chi connectivity index (χ2n) is 5.18. The van der Waals surface area contributed by atoms with Gasteiger partial charge >= 0.3 is 0 Å². The Morgan fingerprint density at radius 1 is 1.22 bits per heavy atom. The quantitative estimate of drug-likeness (QED) is 0.714. The highest BCUT2D eigenvalue weighted by molar-refractivity contribution is 5.94. The van der Waals surface area contributed by atoms with Crippen LogP contribution in [0.3, 0.4) is 0 Å². The average molecular weight is 251 g/mol. The van der Waals surface area contributed by atoms with Crippen LogP contribution in [-0.2, 0) is 6.61 Å². The third-order valence-corrected chi connectivity index (χ3v) is 2.91. The summed E-state index contributed by atoms with van der Waals surface area (Å²) in [4.78, 5) is 11.9. The molecule has 0 aliphatic heterocycles. The van der Waals surface area contributed by atoms with Crippen LogP contribution in [0, 0.1) is 5.41 Å². The van der Waals surface area contributed by atoms with Gasteiger partial charge in [0.2, 0.25) is 0 Å². The first-order valence-electron chi connectivity index (χ1n) is 6.07. The van der Waals surface area contributed by atoms with E-state index in [-0.39, 0.29) is 24.5 Å². The van der Waals surface area contributed by atoms with E-state index >= 15 is 0 Å². The SMILES string of the molecule is CC(C)(CCO)CNC(=O)c1ccc(CO)cc1. The van der Waals surface area contributed by atoms with Crippen LogP contribution >= 0.6 is 0 Å². The van der Waals surface area contributed by atoms with Crippen molar-refractivity contribution >= 4 is 5.91 Å². The fourth-order valence-electron chi connectivity index (χ4n) is 1.57. The third-order valence-electron chi connectivity index (χ3n) is 2.91. The normalized spacial score (nSPS) is 11.3. The lowest BCUT2D eigenvalue weighted by molar-refractivity contribution is 0.0928. The van der Waals surface area contributed by atoms with Crippen LogP contribution < -0.4 is 5.32 Å². The van der Waals surface area contributed by atoms with E-state index < -0.39 is 0 Å². The number of nitrogens with one attached hydrogen (secondary N) is 1. The molecule has 0 saturated heterocycles. The van der Waals surface area contributed by atoms with Crippen LogP contribution in [0.15, 0.2) is 24.3 Å². The van der Waals surface area contributed by atoms with Crippen molar-refractivity contribution in [2.24, 2.45) is 5.41 Å². The summed E-state index contributed by atoms with van der Waals surface area (Å²) in [5.74, 6) is -0.134. The molecule has 18 heavy (non-hydrogen) atoms. The molecule has 0 fully saturated rings. The van der Waals surface area contributed by atoms with Crippen LogP contribution in [0.4, 0.5) is 0 Å². The fourth-order valence-corrected chi connectivity index (χ4v) is 1.57. The van der Waals surface area contributed by atoms with Crippen molar-refractivity contribution in [1.29, 1.82) is 0 Å². The molecule has 0 heterocycles. The summed E-state index contributed by atoms with van der Waals surface area (Å²) in [7, 11) is 0. The second-order valence-corrected chi connectivity index (χ2v) is 5.18. The molecule has 1 rings (SSSR count). The van der Waals surface area contributed by atoms with Crippen molar-refractivity contribution in [2.45, 2.75) is 26.9 Å². The lowest BCUT2D eigenvalue weighted by Crippen LogP contribution is -2.34. The molecule has 0 radical (unpaired) electrons. The zero-order valence-corrected chi connectivity index (χ0v) is 10.9. The molecule has 4 nitrogen and oxygen atoms in total. The smallest absolute Gasteiger partial charge is 0.251 e. The topological polar surface area (TPSA) is 69.6 Å². The number of amides is 1. The van der Waals surface area contributed by atoms with Gasteiger partial charge in [0, 0.05) is 18.7 Å². The van der Waals surface area contributed by atoms with E-state index in [9.17, 15) is 4.79 Å². The number of carbonyl (C=O) groups is 1.